The number of rotatable bonds is 3. The fraction of sp³-hybridized carbons (Fsp3) is 0.385. The minimum atomic E-state index is -1.13. The highest BCUT2D eigenvalue weighted by Crippen LogP contribution is 2.21. The minimum absolute atomic E-state index is 0.131. The SMILES string of the molecule is CC(C)(C)C(NC(=O)Nc1ccc(F)c(Cl)c1)C(=O)O. The van der Waals surface area contributed by atoms with Gasteiger partial charge in [-0.1, -0.05) is 32.4 Å². The molecule has 0 aliphatic rings. The Hall–Kier alpha value is -1.82. The smallest absolute Gasteiger partial charge is 0.326 e. The van der Waals surface area contributed by atoms with Gasteiger partial charge in [-0.3, -0.25) is 0 Å². The summed E-state index contributed by atoms with van der Waals surface area (Å²) in [6, 6.07) is 1.92. The summed E-state index contributed by atoms with van der Waals surface area (Å²) in [5.41, 5.74) is -0.379. The first kappa shape index (κ1) is 16.2. The molecule has 0 heterocycles. The number of anilines is 1. The topological polar surface area (TPSA) is 78.4 Å². The summed E-state index contributed by atoms with van der Waals surface area (Å²) in [5.74, 6) is -1.74. The van der Waals surface area contributed by atoms with Gasteiger partial charge in [-0.25, -0.2) is 14.0 Å². The lowest BCUT2D eigenvalue weighted by atomic mass is 9.87. The molecule has 0 fully saturated rings. The van der Waals surface area contributed by atoms with Crippen molar-refractivity contribution in [3.8, 4) is 0 Å². The third kappa shape index (κ3) is 4.38. The molecule has 1 atom stereocenters. The Balaban J connectivity index is 2.76. The van der Waals surface area contributed by atoms with Crippen molar-refractivity contribution in [1.29, 1.82) is 0 Å². The molecule has 3 N–H and O–H groups in total. The summed E-state index contributed by atoms with van der Waals surface area (Å²) >= 11 is 5.59. The minimum Gasteiger partial charge on any atom is -0.480 e. The summed E-state index contributed by atoms with van der Waals surface area (Å²) in [4.78, 5) is 22.9. The Labute approximate surface area is 121 Å². The third-order valence-electron chi connectivity index (χ3n) is 2.57. The second kappa shape index (κ2) is 6.09. The molecule has 0 aromatic heterocycles. The molecule has 0 radical (unpaired) electrons. The first-order chi connectivity index (χ1) is 9.11. The van der Waals surface area contributed by atoms with Crippen LogP contribution in [0.15, 0.2) is 18.2 Å². The van der Waals surface area contributed by atoms with Crippen molar-refractivity contribution in [2.75, 3.05) is 5.32 Å². The van der Waals surface area contributed by atoms with Crippen LogP contribution in [0.4, 0.5) is 14.9 Å². The van der Waals surface area contributed by atoms with Crippen LogP contribution in [0.5, 0.6) is 0 Å². The van der Waals surface area contributed by atoms with Gasteiger partial charge in [0.2, 0.25) is 0 Å². The Bertz CT molecular complexity index is 529. The fourth-order valence-electron chi connectivity index (χ4n) is 1.52. The Kier molecular flexibility index (Phi) is 4.94. The number of benzene rings is 1. The first-order valence-corrected chi connectivity index (χ1v) is 6.24. The van der Waals surface area contributed by atoms with Gasteiger partial charge in [0, 0.05) is 5.69 Å². The van der Waals surface area contributed by atoms with Crippen molar-refractivity contribution in [2.24, 2.45) is 5.41 Å². The zero-order valence-corrected chi connectivity index (χ0v) is 12.1. The van der Waals surface area contributed by atoms with Gasteiger partial charge >= 0.3 is 12.0 Å². The van der Waals surface area contributed by atoms with Crippen LogP contribution in [0.2, 0.25) is 5.02 Å². The lowest BCUT2D eigenvalue weighted by Crippen LogP contribution is -2.50. The standard InChI is InChI=1S/C13H16ClFN2O3/c1-13(2,3)10(11(18)19)17-12(20)16-7-4-5-9(15)8(14)6-7/h4-6,10H,1-3H3,(H,18,19)(H2,16,17,20). The number of hydrogen-bond donors (Lipinski definition) is 3. The van der Waals surface area contributed by atoms with E-state index >= 15 is 0 Å². The molecular formula is C13H16ClFN2O3. The van der Waals surface area contributed by atoms with E-state index in [1.54, 1.807) is 20.8 Å². The number of halogens is 2. The quantitative estimate of drug-likeness (QED) is 0.803. The van der Waals surface area contributed by atoms with Crippen LogP contribution in [0.25, 0.3) is 0 Å². The molecule has 0 spiro atoms. The van der Waals surface area contributed by atoms with Crippen LogP contribution < -0.4 is 10.6 Å². The Morgan fingerprint density at radius 3 is 2.40 bits per heavy atom. The van der Waals surface area contributed by atoms with Gasteiger partial charge in [0.1, 0.15) is 11.9 Å². The molecular weight excluding hydrogens is 287 g/mol. The highest BCUT2D eigenvalue weighted by molar-refractivity contribution is 6.31. The summed E-state index contributed by atoms with van der Waals surface area (Å²) < 4.78 is 13.0. The molecule has 110 valence electrons. The zero-order chi connectivity index (χ0) is 15.5. The number of carbonyl (C=O) groups excluding carboxylic acids is 1. The van der Waals surface area contributed by atoms with E-state index in [4.69, 9.17) is 16.7 Å². The third-order valence-corrected chi connectivity index (χ3v) is 2.86. The van der Waals surface area contributed by atoms with E-state index in [1.807, 2.05) is 0 Å². The van der Waals surface area contributed by atoms with Crippen LogP contribution in [-0.4, -0.2) is 23.1 Å². The molecule has 0 saturated carbocycles. The fourth-order valence-corrected chi connectivity index (χ4v) is 1.70. The second-order valence-corrected chi connectivity index (χ2v) is 5.77. The van der Waals surface area contributed by atoms with Gasteiger partial charge in [-0.15, -0.1) is 0 Å². The summed E-state index contributed by atoms with van der Waals surface area (Å²) in [6.07, 6.45) is 0. The number of carbonyl (C=O) groups is 2. The van der Waals surface area contributed by atoms with E-state index in [2.05, 4.69) is 10.6 Å². The molecule has 7 heteroatoms. The highest BCUT2D eigenvalue weighted by atomic mass is 35.5. The lowest BCUT2D eigenvalue weighted by molar-refractivity contribution is -0.141. The lowest BCUT2D eigenvalue weighted by Gasteiger charge is -2.27. The van der Waals surface area contributed by atoms with Crippen LogP contribution >= 0.6 is 11.6 Å². The number of hydrogen-bond acceptors (Lipinski definition) is 2. The Morgan fingerprint density at radius 1 is 1.35 bits per heavy atom. The molecule has 1 unspecified atom stereocenters. The first-order valence-electron chi connectivity index (χ1n) is 5.86. The van der Waals surface area contributed by atoms with Crippen LogP contribution in [0, 0.1) is 11.2 Å². The average molecular weight is 303 g/mol. The van der Waals surface area contributed by atoms with Crippen LogP contribution in [-0.2, 0) is 4.79 Å². The molecule has 1 aromatic rings. The number of nitrogens with one attached hydrogen (secondary N) is 2. The molecule has 1 aromatic carbocycles. The molecule has 0 aliphatic heterocycles. The summed E-state index contributed by atoms with van der Waals surface area (Å²) in [5, 5.41) is 13.7. The highest BCUT2D eigenvalue weighted by Gasteiger charge is 2.32. The maximum absolute atomic E-state index is 13.0. The normalized spacial score (nSPS) is 12.7. The second-order valence-electron chi connectivity index (χ2n) is 5.36. The predicted octanol–water partition coefficient (Wildman–Crippen LogP) is 3.10. The number of urea groups is 1. The summed E-state index contributed by atoms with van der Waals surface area (Å²) in [6.45, 7) is 5.09. The maximum Gasteiger partial charge on any atom is 0.326 e. The van der Waals surface area contributed by atoms with Gasteiger partial charge in [-0.05, 0) is 23.6 Å². The Morgan fingerprint density at radius 2 is 1.95 bits per heavy atom. The van der Waals surface area contributed by atoms with E-state index < -0.39 is 29.3 Å². The van der Waals surface area contributed by atoms with Crippen LogP contribution in [0.1, 0.15) is 20.8 Å². The largest absolute Gasteiger partial charge is 0.480 e. The van der Waals surface area contributed by atoms with Gasteiger partial charge in [0.25, 0.3) is 0 Å². The van der Waals surface area contributed by atoms with Crippen molar-refractivity contribution in [3.05, 3.63) is 29.0 Å². The number of carboxylic acid groups (broad SMARTS) is 1. The number of carboxylic acids is 1. The molecule has 0 saturated heterocycles. The van der Waals surface area contributed by atoms with Gasteiger partial charge in [-0.2, -0.15) is 0 Å². The van der Waals surface area contributed by atoms with Crippen molar-refractivity contribution in [3.63, 3.8) is 0 Å². The summed E-state index contributed by atoms with van der Waals surface area (Å²) in [7, 11) is 0. The van der Waals surface area contributed by atoms with Crippen molar-refractivity contribution >= 4 is 29.3 Å². The van der Waals surface area contributed by atoms with E-state index in [1.165, 1.54) is 12.1 Å². The number of amides is 2. The van der Waals surface area contributed by atoms with Crippen molar-refractivity contribution < 1.29 is 19.1 Å². The maximum atomic E-state index is 13.0. The monoisotopic (exact) mass is 302 g/mol. The molecule has 0 bridgehead atoms. The predicted molar refractivity (Wildman–Crippen MR) is 74.4 cm³/mol. The van der Waals surface area contributed by atoms with E-state index in [0.29, 0.717) is 0 Å². The molecule has 1 rings (SSSR count). The van der Waals surface area contributed by atoms with E-state index in [-0.39, 0.29) is 10.7 Å². The van der Waals surface area contributed by atoms with Gasteiger partial charge < -0.3 is 15.7 Å². The van der Waals surface area contributed by atoms with Gasteiger partial charge in [0.05, 0.1) is 5.02 Å². The van der Waals surface area contributed by atoms with Crippen LogP contribution in [0.3, 0.4) is 0 Å². The van der Waals surface area contributed by atoms with Crippen molar-refractivity contribution in [2.45, 2.75) is 26.8 Å². The molecule has 5 nitrogen and oxygen atoms in total. The van der Waals surface area contributed by atoms with Crippen molar-refractivity contribution in [1.82, 2.24) is 5.32 Å². The average Bonchev–Trinajstić information content (AvgIpc) is 2.29. The number of aliphatic carboxylic acids is 1. The van der Waals surface area contributed by atoms with E-state index in [0.717, 1.165) is 6.07 Å². The zero-order valence-electron chi connectivity index (χ0n) is 11.3. The molecule has 2 amide bonds. The van der Waals surface area contributed by atoms with Gasteiger partial charge in [0.15, 0.2) is 0 Å². The molecule has 20 heavy (non-hydrogen) atoms. The molecule has 0 aliphatic carbocycles. The van der Waals surface area contributed by atoms with E-state index in [9.17, 15) is 14.0 Å².